The van der Waals surface area contributed by atoms with Crippen molar-refractivity contribution in [2.24, 2.45) is 0 Å². The van der Waals surface area contributed by atoms with Gasteiger partial charge >= 0.3 is 0 Å². The normalized spacial score (nSPS) is 13.4. The molecule has 0 aliphatic carbocycles. The van der Waals surface area contributed by atoms with Crippen LogP contribution in [0.15, 0.2) is 36.4 Å². The van der Waals surface area contributed by atoms with E-state index >= 15 is 0 Å². The summed E-state index contributed by atoms with van der Waals surface area (Å²) in [7, 11) is 3.06. The van der Waals surface area contributed by atoms with Crippen molar-refractivity contribution in [1.82, 2.24) is 4.90 Å². The average molecular weight is 312 g/mol. The lowest BCUT2D eigenvalue weighted by atomic mass is 9.99. The third-order valence-corrected chi connectivity index (χ3v) is 4.17. The van der Waals surface area contributed by atoms with Crippen LogP contribution in [0.1, 0.15) is 21.5 Å². The van der Waals surface area contributed by atoms with E-state index in [-0.39, 0.29) is 5.91 Å². The van der Waals surface area contributed by atoms with Crippen LogP contribution in [0.5, 0.6) is 11.5 Å². The quantitative estimate of drug-likeness (QED) is 0.884. The van der Waals surface area contributed by atoms with Gasteiger partial charge in [-0.15, -0.1) is 0 Å². The van der Waals surface area contributed by atoms with Crippen molar-refractivity contribution in [3.8, 4) is 11.5 Å². The van der Waals surface area contributed by atoms with E-state index in [1.807, 2.05) is 17.0 Å². The predicted octanol–water partition coefficient (Wildman–Crippen LogP) is 2.48. The van der Waals surface area contributed by atoms with E-state index < -0.39 is 0 Å². The Morgan fingerprint density at radius 2 is 1.87 bits per heavy atom. The standard InChI is InChI=1S/C18H20N2O3/c1-22-16-10-14(9-15(19)17(16)23-2)18(21)20-8-7-12-5-3-4-6-13(12)11-20/h3-6,9-10H,7-8,11,19H2,1-2H3. The molecule has 0 bridgehead atoms. The first-order valence-corrected chi connectivity index (χ1v) is 7.51. The lowest BCUT2D eigenvalue weighted by Gasteiger charge is -2.29. The summed E-state index contributed by atoms with van der Waals surface area (Å²) >= 11 is 0. The van der Waals surface area contributed by atoms with Gasteiger partial charge in [-0.25, -0.2) is 0 Å². The molecule has 1 aliphatic heterocycles. The minimum atomic E-state index is -0.0489. The lowest BCUT2D eigenvalue weighted by Crippen LogP contribution is -2.36. The molecular weight excluding hydrogens is 292 g/mol. The number of amides is 1. The summed E-state index contributed by atoms with van der Waals surface area (Å²) in [5, 5.41) is 0. The summed E-state index contributed by atoms with van der Waals surface area (Å²) in [6.07, 6.45) is 0.866. The predicted molar refractivity (Wildman–Crippen MR) is 88.8 cm³/mol. The molecule has 2 N–H and O–H groups in total. The Morgan fingerprint density at radius 1 is 1.13 bits per heavy atom. The minimum Gasteiger partial charge on any atom is -0.493 e. The molecule has 5 nitrogen and oxygen atoms in total. The van der Waals surface area contributed by atoms with E-state index in [1.165, 1.54) is 25.3 Å². The Labute approximate surface area is 135 Å². The highest BCUT2D eigenvalue weighted by Crippen LogP contribution is 2.35. The van der Waals surface area contributed by atoms with E-state index in [9.17, 15) is 4.79 Å². The van der Waals surface area contributed by atoms with Gasteiger partial charge in [0.2, 0.25) is 0 Å². The lowest BCUT2D eigenvalue weighted by molar-refractivity contribution is 0.0734. The van der Waals surface area contributed by atoms with Gasteiger partial charge in [0, 0.05) is 18.7 Å². The van der Waals surface area contributed by atoms with Crippen LogP contribution in [-0.4, -0.2) is 31.6 Å². The van der Waals surface area contributed by atoms with Gasteiger partial charge in [-0.1, -0.05) is 24.3 Å². The third-order valence-electron chi connectivity index (χ3n) is 4.17. The maximum atomic E-state index is 12.8. The van der Waals surface area contributed by atoms with Crippen LogP contribution < -0.4 is 15.2 Å². The number of fused-ring (bicyclic) bond motifs is 1. The molecule has 0 radical (unpaired) electrons. The molecule has 0 aromatic heterocycles. The molecule has 1 heterocycles. The number of anilines is 1. The van der Waals surface area contributed by atoms with Gasteiger partial charge in [0.1, 0.15) is 0 Å². The number of carbonyl (C=O) groups is 1. The van der Waals surface area contributed by atoms with Crippen molar-refractivity contribution in [2.75, 3.05) is 26.5 Å². The largest absolute Gasteiger partial charge is 0.493 e. The van der Waals surface area contributed by atoms with Gasteiger partial charge in [0.25, 0.3) is 5.91 Å². The zero-order valence-electron chi connectivity index (χ0n) is 13.3. The Kier molecular flexibility index (Phi) is 4.10. The van der Waals surface area contributed by atoms with Gasteiger partial charge in [-0.2, -0.15) is 0 Å². The van der Waals surface area contributed by atoms with Gasteiger partial charge < -0.3 is 20.1 Å². The monoisotopic (exact) mass is 312 g/mol. The van der Waals surface area contributed by atoms with E-state index in [4.69, 9.17) is 15.2 Å². The zero-order valence-corrected chi connectivity index (χ0v) is 13.3. The number of hydrogen-bond donors (Lipinski definition) is 1. The zero-order chi connectivity index (χ0) is 16.4. The van der Waals surface area contributed by atoms with E-state index in [2.05, 4.69) is 12.1 Å². The summed E-state index contributed by atoms with van der Waals surface area (Å²) in [6.45, 7) is 1.31. The highest BCUT2D eigenvalue weighted by molar-refractivity contribution is 5.96. The molecule has 0 saturated carbocycles. The van der Waals surface area contributed by atoms with E-state index in [0.717, 1.165) is 6.42 Å². The third kappa shape index (κ3) is 2.82. The van der Waals surface area contributed by atoms with Gasteiger partial charge in [0.15, 0.2) is 11.5 Å². The summed E-state index contributed by atoms with van der Waals surface area (Å²) in [5.74, 6) is 0.869. The summed E-state index contributed by atoms with van der Waals surface area (Å²) in [4.78, 5) is 14.6. The van der Waals surface area contributed by atoms with Crippen molar-refractivity contribution >= 4 is 11.6 Å². The first-order chi connectivity index (χ1) is 11.1. The van der Waals surface area contributed by atoms with Crippen LogP contribution in [0.4, 0.5) is 5.69 Å². The van der Waals surface area contributed by atoms with Crippen molar-refractivity contribution in [1.29, 1.82) is 0 Å². The number of rotatable bonds is 3. The van der Waals surface area contributed by atoms with Crippen molar-refractivity contribution in [2.45, 2.75) is 13.0 Å². The van der Waals surface area contributed by atoms with Crippen LogP contribution in [-0.2, 0) is 13.0 Å². The van der Waals surface area contributed by atoms with Gasteiger partial charge in [0.05, 0.1) is 19.9 Å². The fourth-order valence-corrected chi connectivity index (χ4v) is 2.97. The van der Waals surface area contributed by atoms with Crippen LogP contribution in [0, 0.1) is 0 Å². The number of nitrogens with zero attached hydrogens (tertiary/aromatic N) is 1. The summed E-state index contributed by atoms with van der Waals surface area (Å²) < 4.78 is 10.5. The Morgan fingerprint density at radius 3 is 2.57 bits per heavy atom. The van der Waals surface area contributed by atoms with E-state index in [1.54, 1.807) is 12.1 Å². The smallest absolute Gasteiger partial charge is 0.254 e. The molecule has 1 aliphatic rings. The molecule has 0 spiro atoms. The van der Waals surface area contributed by atoms with Gasteiger partial charge in [-0.05, 0) is 29.7 Å². The number of hydrogen-bond acceptors (Lipinski definition) is 4. The fraction of sp³-hybridized carbons (Fsp3) is 0.278. The second-order valence-corrected chi connectivity index (χ2v) is 5.55. The molecule has 0 fully saturated rings. The van der Waals surface area contributed by atoms with Crippen molar-refractivity contribution < 1.29 is 14.3 Å². The Balaban J connectivity index is 1.88. The van der Waals surface area contributed by atoms with Crippen molar-refractivity contribution in [3.05, 3.63) is 53.1 Å². The maximum Gasteiger partial charge on any atom is 0.254 e. The summed E-state index contributed by atoms with van der Waals surface area (Å²) in [5.41, 5.74) is 9.39. The molecule has 0 atom stereocenters. The molecule has 5 heteroatoms. The average Bonchev–Trinajstić information content (AvgIpc) is 2.59. The number of carbonyl (C=O) groups excluding carboxylic acids is 1. The highest BCUT2D eigenvalue weighted by Gasteiger charge is 2.23. The molecule has 3 rings (SSSR count). The Bertz CT molecular complexity index is 743. The minimum absolute atomic E-state index is 0.0489. The highest BCUT2D eigenvalue weighted by atomic mass is 16.5. The molecule has 0 saturated heterocycles. The molecule has 2 aromatic carbocycles. The molecular formula is C18H20N2O3. The van der Waals surface area contributed by atoms with Gasteiger partial charge in [-0.3, -0.25) is 4.79 Å². The summed E-state index contributed by atoms with van der Waals surface area (Å²) in [6, 6.07) is 11.5. The van der Waals surface area contributed by atoms with E-state index in [0.29, 0.717) is 35.8 Å². The number of methoxy groups -OCH3 is 2. The molecule has 120 valence electrons. The second-order valence-electron chi connectivity index (χ2n) is 5.55. The van der Waals surface area contributed by atoms with Crippen LogP contribution in [0.2, 0.25) is 0 Å². The first-order valence-electron chi connectivity index (χ1n) is 7.51. The molecule has 2 aromatic rings. The number of benzene rings is 2. The molecule has 0 unspecified atom stereocenters. The number of nitrogen functional groups attached to an aromatic ring is 1. The Hall–Kier alpha value is -2.69. The van der Waals surface area contributed by atoms with Crippen LogP contribution >= 0.6 is 0 Å². The first kappa shape index (κ1) is 15.2. The van der Waals surface area contributed by atoms with Crippen molar-refractivity contribution in [3.63, 3.8) is 0 Å². The fourth-order valence-electron chi connectivity index (χ4n) is 2.97. The number of nitrogens with two attached hydrogens (primary N) is 1. The second kappa shape index (κ2) is 6.20. The van der Waals surface area contributed by atoms with Crippen LogP contribution in [0.25, 0.3) is 0 Å². The molecule has 1 amide bonds. The van der Waals surface area contributed by atoms with Crippen LogP contribution in [0.3, 0.4) is 0 Å². The topological polar surface area (TPSA) is 64.8 Å². The maximum absolute atomic E-state index is 12.8. The SMILES string of the molecule is COc1cc(C(=O)N2CCc3ccccc3C2)cc(N)c1OC. The number of ether oxygens (including phenoxy) is 2. The molecule has 23 heavy (non-hydrogen) atoms.